The maximum absolute atomic E-state index is 4.16. The van der Waals surface area contributed by atoms with E-state index in [0.29, 0.717) is 17.9 Å². The largest absolute Gasteiger partial charge is 0.352 e. The van der Waals surface area contributed by atoms with Crippen LogP contribution in [0.2, 0.25) is 0 Å². The van der Waals surface area contributed by atoms with Crippen molar-refractivity contribution in [2.45, 2.75) is 33.2 Å². The number of hydrogen-bond donors (Lipinski definition) is 1. The van der Waals surface area contributed by atoms with Crippen LogP contribution in [0.3, 0.4) is 0 Å². The average molecular weight is 258 g/mol. The molecule has 0 spiro atoms. The lowest BCUT2D eigenvalue weighted by Crippen LogP contribution is -2.18. The SMILES string of the molecule is CC(C)CC(C)Nc1ncc(Br)cn1. The third-order valence-electron chi connectivity index (χ3n) is 1.82. The summed E-state index contributed by atoms with van der Waals surface area (Å²) in [7, 11) is 0. The van der Waals surface area contributed by atoms with Gasteiger partial charge in [0.15, 0.2) is 0 Å². The molecule has 1 rings (SSSR count). The highest BCUT2D eigenvalue weighted by atomic mass is 79.9. The minimum Gasteiger partial charge on any atom is -0.352 e. The number of hydrogen-bond acceptors (Lipinski definition) is 3. The van der Waals surface area contributed by atoms with E-state index < -0.39 is 0 Å². The fourth-order valence-corrected chi connectivity index (χ4v) is 1.58. The third-order valence-corrected chi connectivity index (χ3v) is 2.23. The van der Waals surface area contributed by atoms with Gasteiger partial charge in [0.05, 0.1) is 4.47 Å². The Morgan fingerprint density at radius 3 is 2.36 bits per heavy atom. The van der Waals surface area contributed by atoms with Gasteiger partial charge in [0, 0.05) is 18.4 Å². The second kappa shape index (κ2) is 5.29. The van der Waals surface area contributed by atoms with Crippen LogP contribution in [-0.4, -0.2) is 16.0 Å². The van der Waals surface area contributed by atoms with E-state index >= 15 is 0 Å². The van der Waals surface area contributed by atoms with Crippen molar-refractivity contribution in [1.82, 2.24) is 9.97 Å². The molecule has 1 heterocycles. The molecule has 0 aliphatic carbocycles. The van der Waals surface area contributed by atoms with Crippen molar-refractivity contribution in [3.05, 3.63) is 16.9 Å². The Bertz CT molecular complexity index is 271. The Hall–Kier alpha value is -0.640. The summed E-state index contributed by atoms with van der Waals surface area (Å²) in [4.78, 5) is 8.31. The molecule has 1 aromatic heterocycles. The molecular formula is C10H16BrN3. The standard InChI is InChI=1S/C10H16BrN3/c1-7(2)4-8(3)14-10-12-5-9(11)6-13-10/h5-8H,4H2,1-3H3,(H,12,13,14). The summed E-state index contributed by atoms with van der Waals surface area (Å²) in [6.45, 7) is 6.56. The number of nitrogens with one attached hydrogen (secondary N) is 1. The van der Waals surface area contributed by atoms with Crippen molar-refractivity contribution >= 4 is 21.9 Å². The van der Waals surface area contributed by atoms with E-state index in [1.54, 1.807) is 12.4 Å². The molecular weight excluding hydrogens is 242 g/mol. The maximum Gasteiger partial charge on any atom is 0.222 e. The molecule has 1 atom stereocenters. The number of halogens is 1. The van der Waals surface area contributed by atoms with Crippen molar-refractivity contribution in [3.63, 3.8) is 0 Å². The van der Waals surface area contributed by atoms with Gasteiger partial charge in [0.25, 0.3) is 0 Å². The van der Waals surface area contributed by atoms with Crippen molar-refractivity contribution in [2.75, 3.05) is 5.32 Å². The quantitative estimate of drug-likeness (QED) is 0.901. The van der Waals surface area contributed by atoms with Crippen molar-refractivity contribution in [2.24, 2.45) is 5.92 Å². The Morgan fingerprint density at radius 1 is 1.29 bits per heavy atom. The topological polar surface area (TPSA) is 37.8 Å². The summed E-state index contributed by atoms with van der Waals surface area (Å²) in [5.74, 6) is 1.38. The molecule has 0 fully saturated rings. The van der Waals surface area contributed by atoms with Gasteiger partial charge in [-0.3, -0.25) is 0 Å². The van der Waals surface area contributed by atoms with Crippen LogP contribution in [0.4, 0.5) is 5.95 Å². The zero-order valence-corrected chi connectivity index (χ0v) is 10.4. The molecule has 14 heavy (non-hydrogen) atoms. The third kappa shape index (κ3) is 4.05. The zero-order chi connectivity index (χ0) is 10.6. The Kier molecular flexibility index (Phi) is 4.32. The van der Waals surface area contributed by atoms with Crippen molar-refractivity contribution < 1.29 is 0 Å². The van der Waals surface area contributed by atoms with E-state index in [4.69, 9.17) is 0 Å². The van der Waals surface area contributed by atoms with Gasteiger partial charge in [-0.05, 0) is 35.2 Å². The van der Waals surface area contributed by atoms with Gasteiger partial charge in [0.1, 0.15) is 0 Å². The van der Waals surface area contributed by atoms with Crippen LogP contribution in [0.5, 0.6) is 0 Å². The molecule has 1 aromatic rings. The summed E-state index contributed by atoms with van der Waals surface area (Å²) < 4.78 is 0.902. The zero-order valence-electron chi connectivity index (χ0n) is 8.79. The first-order valence-electron chi connectivity index (χ1n) is 4.82. The van der Waals surface area contributed by atoms with Crippen LogP contribution in [0, 0.1) is 5.92 Å². The van der Waals surface area contributed by atoms with Gasteiger partial charge in [0.2, 0.25) is 5.95 Å². The number of aromatic nitrogens is 2. The van der Waals surface area contributed by atoms with Crippen LogP contribution >= 0.6 is 15.9 Å². The van der Waals surface area contributed by atoms with E-state index in [2.05, 4.69) is 52.0 Å². The molecule has 0 aromatic carbocycles. The minimum absolute atomic E-state index is 0.413. The predicted molar refractivity (Wildman–Crippen MR) is 62.3 cm³/mol. The van der Waals surface area contributed by atoms with E-state index in [9.17, 15) is 0 Å². The second-order valence-corrected chi connectivity index (χ2v) is 4.82. The van der Waals surface area contributed by atoms with E-state index in [-0.39, 0.29) is 0 Å². The fraction of sp³-hybridized carbons (Fsp3) is 0.600. The number of rotatable bonds is 4. The van der Waals surface area contributed by atoms with Gasteiger partial charge in [-0.1, -0.05) is 13.8 Å². The predicted octanol–water partition coefficient (Wildman–Crippen LogP) is 3.09. The first kappa shape index (κ1) is 11.4. The lowest BCUT2D eigenvalue weighted by molar-refractivity contribution is 0.537. The van der Waals surface area contributed by atoms with Crippen molar-refractivity contribution in [3.8, 4) is 0 Å². The van der Waals surface area contributed by atoms with Gasteiger partial charge >= 0.3 is 0 Å². The maximum atomic E-state index is 4.16. The molecule has 1 unspecified atom stereocenters. The summed E-state index contributed by atoms with van der Waals surface area (Å²) in [5.41, 5.74) is 0. The number of anilines is 1. The summed E-state index contributed by atoms with van der Waals surface area (Å²) in [6, 6.07) is 0.413. The smallest absolute Gasteiger partial charge is 0.222 e. The van der Waals surface area contributed by atoms with Gasteiger partial charge in [-0.15, -0.1) is 0 Å². The van der Waals surface area contributed by atoms with E-state index in [1.807, 2.05) is 0 Å². The highest BCUT2D eigenvalue weighted by molar-refractivity contribution is 9.10. The molecule has 1 N–H and O–H groups in total. The molecule has 4 heteroatoms. The van der Waals surface area contributed by atoms with E-state index in [1.165, 1.54) is 0 Å². The van der Waals surface area contributed by atoms with Crippen LogP contribution in [-0.2, 0) is 0 Å². The van der Waals surface area contributed by atoms with Crippen LogP contribution in [0.15, 0.2) is 16.9 Å². The average Bonchev–Trinajstić information content (AvgIpc) is 2.07. The molecule has 3 nitrogen and oxygen atoms in total. The summed E-state index contributed by atoms with van der Waals surface area (Å²) in [5, 5.41) is 3.26. The van der Waals surface area contributed by atoms with Gasteiger partial charge < -0.3 is 5.32 Å². The van der Waals surface area contributed by atoms with Gasteiger partial charge in [-0.25, -0.2) is 9.97 Å². The first-order chi connectivity index (χ1) is 6.58. The normalized spacial score (nSPS) is 12.9. The Labute approximate surface area is 93.5 Å². The van der Waals surface area contributed by atoms with Crippen LogP contribution < -0.4 is 5.32 Å². The van der Waals surface area contributed by atoms with Crippen molar-refractivity contribution in [1.29, 1.82) is 0 Å². The number of nitrogens with zero attached hydrogens (tertiary/aromatic N) is 2. The molecule has 78 valence electrons. The van der Waals surface area contributed by atoms with Crippen LogP contribution in [0.1, 0.15) is 27.2 Å². The Morgan fingerprint density at radius 2 is 1.86 bits per heavy atom. The van der Waals surface area contributed by atoms with Gasteiger partial charge in [-0.2, -0.15) is 0 Å². The van der Waals surface area contributed by atoms with Crippen LogP contribution in [0.25, 0.3) is 0 Å². The lowest BCUT2D eigenvalue weighted by Gasteiger charge is -2.15. The monoisotopic (exact) mass is 257 g/mol. The molecule has 0 aliphatic heterocycles. The summed E-state index contributed by atoms with van der Waals surface area (Å²) in [6.07, 6.45) is 4.62. The molecule has 0 amide bonds. The Balaban J connectivity index is 2.47. The summed E-state index contributed by atoms with van der Waals surface area (Å²) >= 11 is 3.30. The molecule has 0 saturated heterocycles. The lowest BCUT2D eigenvalue weighted by atomic mass is 10.1. The second-order valence-electron chi connectivity index (χ2n) is 3.90. The van der Waals surface area contributed by atoms with E-state index in [0.717, 1.165) is 10.9 Å². The molecule has 0 saturated carbocycles. The molecule has 0 bridgehead atoms. The first-order valence-corrected chi connectivity index (χ1v) is 5.61. The minimum atomic E-state index is 0.413. The molecule has 0 radical (unpaired) electrons. The highest BCUT2D eigenvalue weighted by Gasteiger charge is 2.05. The molecule has 0 aliphatic rings. The fourth-order valence-electron chi connectivity index (χ4n) is 1.37. The highest BCUT2D eigenvalue weighted by Crippen LogP contribution is 2.10.